The van der Waals surface area contributed by atoms with Gasteiger partial charge in [0.15, 0.2) is 0 Å². The summed E-state index contributed by atoms with van der Waals surface area (Å²) in [5, 5.41) is 2.76. The van der Waals surface area contributed by atoms with Gasteiger partial charge in [0.1, 0.15) is 17.2 Å². The van der Waals surface area contributed by atoms with Crippen molar-refractivity contribution in [1.29, 1.82) is 0 Å². The second-order valence-electron chi connectivity index (χ2n) is 6.82. The normalized spacial score (nSPS) is 11.0. The highest BCUT2D eigenvalue weighted by Crippen LogP contribution is 2.32. The van der Waals surface area contributed by atoms with E-state index in [1.807, 2.05) is 46.8 Å². The first-order valence-corrected chi connectivity index (χ1v) is 7.79. The number of ether oxygens (including phenoxy) is 2. The van der Waals surface area contributed by atoms with Gasteiger partial charge in [0, 0.05) is 11.2 Å². The van der Waals surface area contributed by atoms with Gasteiger partial charge in [-0.2, -0.15) is 0 Å². The molecule has 0 spiro atoms. The molecule has 0 aliphatic rings. The quantitative estimate of drug-likeness (QED) is 0.810. The number of rotatable bonds is 3. The molecule has 0 aliphatic heterocycles. The molecule has 24 heavy (non-hydrogen) atoms. The SMILES string of the molecule is Cc1cc(OC(=O)NC(C)(C)C)cc(C)c1Oc1ccc(N)cc1. The van der Waals surface area contributed by atoms with Crippen LogP contribution < -0.4 is 20.5 Å². The number of hydrogen-bond donors (Lipinski definition) is 2. The smallest absolute Gasteiger partial charge is 0.413 e. The predicted octanol–water partition coefficient (Wildman–Crippen LogP) is 4.56. The van der Waals surface area contributed by atoms with Crippen LogP contribution in [0.3, 0.4) is 0 Å². The number of carbonyl (C=O) groups excluding carboxylic acids is 1. The first-order valence-electron chi connectivity index (χ1n) is 7.79. The summed E-state index contributed by atoms with van der Waals surface area (Å²) in [7, 11) is 0. The monoisotopic (exact) mass is 328 g/mol. The Bertz CT molecular complexity index is 708. The maximum atomic E-state index is 11.9. The van der Waals surface area contributed by atoms with Crippen LogP contribution in [0.15, 0.2) is 36.4 Å². The van der Waals surface area contributed by atoms with Crippen molar-refractivity contribution in [3.8, 4) is 17.2 Å². The van der Waals surface area contributed by atoms with Gasteiger partial charge in [-0.15, -0.1) is 0 Å². The topological polar surface area (TPSA) is 73.6 Å². The van der Waals surface area contributed by atoms with E-state index in [4.69, 9.17) is 15.2 Å². The summed E-state index contributed by atoms with van der Waals surface area (Å²) in [6, 6.07) is 10.8. The molecule has 0 aliphatic carbocycles. The summed E-state index contributed by atoms with van der Waals surface area (Å²) in [4.78, 5) is 11.9. The lowest BCUT2D eigenvalue weighted by Gasteiger charge is -2.20. The minimum atomic E-state index is -0.478. The van der Waals surface area contributed by atoms with E-state index in [-0.39, 0.29) is 5.54 Å². The summed E-state index contributed by atoms with van der Waals surface area (Å²) < 4.78 is 11.3. The molecule has 0 radical (unpaired) electrons. The van der Waals surface area contributed by atoms with Crippen molar-refractivity contribution in [2.45, 2.75) is 40.2 Å². The Morgan fingerprint density at radius 1 is 1.00 bits per heavy atom. The lowest BCUT2D eigenvalue weighted by Crippen LogP contribution is -2.42. The zero-order valence-corrected chi connectivity index (χ0v) is 14.8. The van der Waals surface area contributed by atoms with Gasteiger partial charge >= 0.3 is 6.09 Å². The Labute approximate surface area is 142 Å². The van der Waals surface area contributed by atoms with Crippen LogP contribution in [0.25, 0.3) is 0 Å². The van der Waals surface area contributed by atoms with Crippen molar-refractivity contribution in [2.75, 3.05) is 5.73 Å². The molecular weight excluding hydrogens is 304 g/mol. The molecule has 0 bridgehead atoms. The summed E-state index contributed by atoms with van der Waals surface area (Å²) in [5.41, 5.74) is 7.78. The average molecular weight is 328 g/mol. The number of nitrogens with two attached hydrogens (primary N) is 1. The summed E-state index contributed by atoms with van der Waals surface area (Å²) in [5.74, 6) is 1.93. The Morgan fingerprint density at radius 2 is 1.54 bits per heavy atom. The van der Waals surface area contributed by atoms with E-state index in [2.05, 4.69) is 5.32 Å². The number of nitrogens with one attached hydrogen (secondary N) is 1. The number of anilines is 1. The minimum Gasteiger partial charge on any atom is -0.457 e. The number of aryl methyl sites for hydroxylation is 2. The average Bonchev–Trinajstić information content (AvgIpc) is 2.42. The van der Waals surface area contributed by atoms with Crippen molar-refractivity contribution in [1.82, 2.24) is 5.32 Å². The molecule has 1 amide bonds. The van der Waals surface area contributed by atoms with Crippen LogP contribution in [-0.2, 0) is 0 Å². The Kier molecular flexibility index (Phi) is 5.02. The molecule has 0 aromatic heterocycles. The van der Waals surface area contributed by atoms with Crippen LogP contribution >= 0.6 is 0 Å². The molecule has 0 atom stereocenters. The highest BCUT2D eigenvalue weighted by molar-refractivity contribution is 5.71. The van der Waals surface area contributed by atoms with E-state index >= 15 is 0 Å². The summed E-state index contributed by atoms with van der Waals surface area (Å²) >= 11 is 0. The summed E-state index contributed by atoms with van der Waals surface area (Å²) in [6.45, 7) is 9.51. The lowest BCUT2D eigenvalue weighted by molar-refractivity contribution is 0.190. The maximum absolute atomic E-state index is 11.9. The molecule has 5 heteroatoms. The van der Waals surface area contributed by atoms with E-state index < -0.39 is 6.09 Å². The third kappa shape index (κ3) is 4.91. The van der Waals surface area contributed by atoms with Gasteiger partial charge in [-0.1, -0.05) is 0 Å². The Balaban J connectivity index is 2.16. The fourth-order valence-electron chi connectivity index (χ4n) is 2.22. The molecule has 5 nitrogen and oxygen atoms in total. The fourth-order valence-corrected chi connectivity index (χ4v) is 2.22. The van der Waals surface area contributed by atoms with Gasteiger partial charge in [-0.25, -0.2) is 4.79 Å². The van der Waals surface area contributed by atoms with Crippen LogP contribution in [0.4, 0.5) is 10.5 Å². The lowest BCUT2D eigenvalue weighted by atomic mass is 10.1. The van der Waals surface area contributed by atoms with Crippen molar-refractivity contribution in [3.63, 3.8) is 0 Å². The molecule has 0 fully saturated rings. The van der Waals surface area contributed by atoms with E-state index in [1.165, 1.54) is 0 Å². The molecule has 0 saturated heterocycles. The molecule has 128 valence electrons. The number of hydrogen-bond acceptors (Lipinski definition) is 4. The third-order valence-electron chi connectivity index (χ3n) is 3.22. The zero-order chi connectivity index (χ0) is 17.9. The van der Waals surface area contributed by atoms with E-state index in [0.717, 1.165) is 16.9 Å². The third-order valence-corrected chi connectivity index (χ3v) is 3.22. The van der Waals surface area contributed by atoms with Crippen molar-refractivity contribution in [3.05, 3.63) is 47.5 Å². The molecule has 0 unspecified atom stereocenters. The van der Waals surface area contributed by atoms with Gasteiger partial charge in [-0.3, -0.25) is 0 Å². The Hall–Kier alpha value is -2.69. The fraction of sp³-hybridized carbons (Fsp3) is 0.316. The highest BCUT2D eigenvalue weighted by atomic mass is 16.6. The predicted molar refractivity (Wildman–Crippen MR) is 95.8 cm³/mol. The van der Waals surface area contributed by atoms with Gasteiger partial charge in [0.05, 0.1) is 0 Å². The van der Waals surface area contributed by atoms with Crippen molar-refractivity contribution < 1.29 is 14.3 Å². The zero-order valence-electron chi connectivity index (χ0n) is 14.8. The van der Waals surface area contributed by atoms with Crippen LogP contribution in [0.1, 0.15) is 31.9 Å². The molecule has 2 aromatic rings. The van der Waals surface area contributed by atoms with Crippen LogP contribution in [0, 0.1) is 13.8 Å². The molecule has 0 heterocycles. The van der Waals surface area contributed by atoms with Gasteiger partial charge in [-0.05, 0) is 82.1 Å². The van der Waals surface area contributed by atoms with E-state index in [9.17, 15) is 4.79 Å². The van der Waals surface area contributed by atoms with E-state index in [1.54, 1.807) is 24.3 Å². The second kappa shape index (κ2) is 6.83. The first kappa shape index (κ1) is 17.7. The van der Waals surface area contributed by atoms with E-state index in [0.29, 0.717) is 17.2 Å². The molecule has 2 aromatic carbocycles. The van der Waals surface area contributed by atoms with Gasteiger partial charge < -0.3 is 20.5 Å². The van der Waals surface area contributed by atoms with Crippen LogP contribution in [-0.4, -0.2) is 11.6 Å². The first-order chi connectivity index (χ1) is 11.1. The summed E-state index contributed by atoms with van der Waals surface area (Å²) in [6.07, 6.45) is -0.478. The standard InChI is InChI=1S/C19H24N2O3/c1-12-10-16(24-18(22)21-19(3,4)5)11-13(2)17(12)23-15-8-6-14(20)7-9-15/h6-11H,20H2,1-5H3,(H,21,22). The molecule has 2 rings (SSSR count). The van der Waals surface area contributed by atoms with Crippen molar-refractivity contribution in [2.24, 2.45) is 0 Å². The minimum absolute atomic E-state index is 0.348. The number of amides is 1. The number of nitrogen functional groups attached to an aromatic ring is 1. The second-order valence-corrected chi connectivity index (χ2v) is 6.82. The van der Waals surface area contributed by atoms with Gasteiger partial charge in [0.25, 0.3) is 0 Å². The van der Waals surface area contributed by atoms with Gasteiger partial charge in [0.2, 0.25) is 0 Å². The molecular formula is C19H24N2O3. The molecule has 0 saturated carbocycles. The largest absolute Gasteiger partial charge is 0.457 e. The van der Waals surface area contributed by atoms with Crippen LogP contribution in [0.2, 0.25) is 0 Å². The molecule has 3 N–H and O–H groups in total. The highest BCUT2D eigenvalue weighted by Gasteiger charge is 2.16. The van der Waals surface area contributed by atoms with Crippen molar-refractivity contribution >= 4 is 11.8 Å². The number of carbonyl (C=O) groups is 1. The number of benzene rings is 2. The maximum Gasteiger partial charge on any atom is 0.413 e. The Morgan fingerprint density at radius 3 is 2.04 bits per heavy atom. The van der Waals surface area contributed by atoms with Crippen LogP contribution in [0.5, 0.6) is 17.2 Å².